The van der Waals surface area contributed by atoms with Crippen molar-refractivity contribution in [3.05, 3.63) is 35.4 Å². The van der Waals surface area contributed by atoms with Crippen LogP contribution in [0.2, 0.25) is 0 Å². The second-order valence-corrected chi connectivity index (χ2v) is 13.1. The van der Waals surface area contributed by atoms with Crippen molar-refractivity contribution in [3.63, 3.8) is 0 Å². The lowest BCUT2D eigenvalue weighted by molar-refractivity contribution is -0.146. The molecule has 4 aliphatic rings. The van der Waals surface area contributed by atoms with Gasteiger partial charge in [-0.1, -0.05) is 23.8 Å². The van der Waals surface area contributed by atoms with Gasteiger partial charge in [0.2, 0.25) is 17.6 Å². The normalized spacial score (nSPS) is 33.8. The summed E-state index contributed by atoms with van der Waals surface area (Å²) in [6, 6.07) is 3.17. The molecule has 0 radical (unpaired) electrons. The Morgan fingerprint density at radius 3 is 2.15 bits per heavy atom. The summed E-state index contributed by atoms with van der Waals surface area (Å²) in [5.74, 6) is -4.37. The lowest BCUT2D eigenvalue weighted by Gasteiger charge is -2.49. The smallest absolute Gasteiger partial charge is 0.253 e. The van der Waals surface area contributed by atoms with Crippen LogP contribution in [0.3, 0.4) is 0 Å². The average Bonchev–Trinajstić information content (AvgIpc) is 3.23. The van der Waals surface area contributed by atoms with Crippen molar-refractivity contribution in [3.8, 4) is 17.2 Å². The second-order valence-electron chi connectivity index (χ2n) is 11.9. The number of carbonyl (C=O) groups is 4. The molecule has 2 aliphatic heterocycles. The monoisotopic (exact) mass is 590 g/mol. The van der Waals surface area contributed by atoms with Gasteiger partial charge in [0.05, 0.1) is 26.1 Å². The van der Waals surface area contributed by atoms with Gasteiger partial charge in [0.25, 0.3) is 11.8 Å². The molecule has 6 atom stereocenters. The van der Waals surface area contributed by atoms with E-state index in [0.29, 0.717) is 17.6 Å². The highest BCUT2D eigenvalue weighted by molar-refractivity contribution is 6.53. The highest BCUT2D eigenvalue weighted by Gasteiger charge is 2.75. The molecule has 11 heteroatoms. The minimum atomic E-state index is -1.85. The molecule has 5 rings (SSSR count). The van der Waals surface area contributed by atoms with Gasteiger partial charge in [-0.3, -0.25) is 29.0 Å². The standard InChI is InChI=1S/C29H32Cl2N2O7/c1-27(2,3)33-23(35)16-9-8-15-17(21(16)24(33)36)13-28(30)25(37)32(4)26(38)29(28,31)18(15)10-7-14-11-19(39-5)22(34)20(12-14)40-6/h7-8,10-12,16-18,21,34H,9,13H2,1-6H3/t16-,17+,18-,21-,28+,29-/m0/s1. The number of hydrogen-bond donors (Lipinski definition) is 1. The molecule has 2 aliphatic carbocycles. The Bertz CT molecular complexity index is 1370. The Kier molecular flexibility index (Phi) is 6.58. The zero-order valence-electron chi connectivity index (χ0n) is 23.2. The van der Waals surface area contributed by atoms with E-state index in [2.05, 4.69) is 0 Å². The van der Waals surface area contributed by atoms with Gasteiger partial charge < -0.3 is 14.6 Å². The van der Waals surface area contributed by atoms with E-state index in [0.717, 1.165) is 4.90 Å². The van der Waals surface area contributed by atoms with E-state index in [9.17, 15) is 24.3 Å². The van der Waals surface area contributed by atoms with Crippen LogP contribution in [0.4, 0.5) is 0 Å². The molecular weight excluding hydrogens is 559 g/mol. The number of phenolic OH excluding ortho intramolecular Hbond substituents is 1. The lowest BCUT2D eigenvalue weighted by Crippen LogP contribution is -2.60. The Hall–Kier alpha value is -3.04. The first-order valence-electron chi connectivity index (χ1n) is 13.0. The van der Waals surface area contributed by atoms with Gasteiger partial charge in [0.15, 0.2) is 21.2 Å². The minimum absolute atomic E-state index is 0.0534. The molecule has 4 amide bonds. The first kappa shape index (κ1) is 28.5. The first-order chi connectivity index (χ1) is 18.6. The molecule has 2 saturated heterocycles. The molecule has 0 spiro atoms. The Labute approximate surface area is 242 Å². The molecule has 0 unspecified atom stereocenters. The number of carbonyl (C=O) groups excluding carboxylic acids is 4. The number of phenols is 1. The highest BCUT2D eigenvalue weighted by Crippen LogP contribution is 2.63. The van der Waals surface area contributed by atoms with Crippen LogP contribution >= 0.6 is 23.2 Å². The molecule has 1 saturated carbocycles. The molecule has 1 N–H and O–H groups in total. The van der Waals surface area contributed by atoms with Gasteiger partial charge in [-0.05, 0) is 57.2 Å². The zero-order chi connectivity index (χ0) is 29.5. The van der Waals surface area contributed by atoms with Crippen LogP contribution in [0.1, 0.15) is 39.2 Å². The predicted molar refractivity (Wildman–Crippen MR) is 148 cm³/mol. The highest BCUT2D eigenvalue weighted by atomic mass is 35.5. The number of rotatable bonds is 4. The quantitative estimate of drug-likeness (QED) is 0.323. The minimum Gasteiger partial charge on any atom is -0.502 e. The van der Waals surface area contributed by atoms with Crippen LogP contribution in [0, 0.1) is 23.7 Å². The fraction of sp³-hybridized carbons (Fsp3) is 0.517. The van der Waals surface area contributed by atoms with E-state index >= 15 is 0 Å². The molecule has 1 aromatic carbocycles. The van der Waals surface area contributed by atoms with Crippen molar-refractivity contribution in [2.75, 3.05) is 21.3 Å². The number of alkyl halides is 2. The van der Waals surface area contributed by atoms with Crippen molar-refractivity contribution in [1.29, 1.82) is 0 Å². The average molecular weight is 591 g/mol. The van der Waals surface area contributed by atoms with E-state index in [1.165, 1.54) is 26.2 Å². The summed E-state index contributed by atoms with van der Waals surface area (Å²) in [7, 11) is 4.16. The van der Waals surface area contributed by atoms with Crippen molar-refractivity contribution in [2.45, 2.75) is 48.9 Å². The Morgan fingerprint density at radius 2 is 1.60 bits per heavy atom. The number of methoxy groups -OCH3 is 2. The molecule has 2 heterocycles. The topological polar surface area (TPSA) is 113 Å². The molecular formula is C29H32Cl2N2O7. The lowest BCUT2D eigenvalue weighted by atomic mass is 9.57. The number of halogens is 2. The van der Waals surface area contributed by atoms with Crippen LogP contribution in [-0.2, 0) is 19.2 Å². The van der Waals surface area contributed by atoms with Gasteiger partial charge >= 0.3 is 0 Å². The van der Waals surface area contributed by atoms with Gasteiger partial charge in [-0.15, -0.1) is 23.2 Å². The number of imide groups is 2. The van der Waals surface area contributed by atoms with Crippen molar-refractivity contribution in [2.24, 2.45) is 23.7 Å². The van der Waals surface area contributed by atoms with Gasteiger partial charge in [0, 0.05) is 18.5 Å². The van der Waals surface area contributed by atoms with Gasteiger partial charge in [-0.25, -0.2) is 0 Å². The van der Waals surface area contributed by atoms with Gasteiger partial charge in [-0.2, -0.15) is 0 Å². The molecule has 40 heavy (non-hydrogen) atoms. The van der Waals surface area contributed by atoms with Gasteiger partial charge in [0.1, 0.15) is 0 Å². The van der Waals surface area contributed by atoms with Crippen molar-refractivity contribution >= 4 is 52.9 Å². The predicted octanol–water partition coefficient (Wildman–Crippen LogP) is 3.74. The molecule has 9 nitrogen and oxygen atoms in total. The van der Waals surface area contributed by atoms with Crippen LogP contribution in [-0.4, -0.2) is 75.1 Å². The summed E-state index contributed by atoms with van der Waals surface area (Å²) >= 11 is 14.2. The first-order valence-corrected chi connectivity index (χ1v) is 13.8. The van der Waals surface area contributed by atoms with E-state index in [1.807, 2.05) is 26.8 Å². The number of allylic oxidation sites excluding steroid dienone is 3. The third-order valence-corrected chi connectivity index (χ3v) is 10.2. The number of nitrogens with zero attached hydrogens (tertiary/aromatic N) is 2. The fourth-order valence-corrected chi connectivity index (χ4v) is 7.85. The summed E-state index contributed by atoms with van der Waals surface area (Å²) in [6.45, 7) is 5.42. The van der Waals surface area contributed by atoms with Crippen molar-refractivity contribution in [1.82, 2.24) is 9.80 Å². The van der Waals surface area contributed by atoms with Crippen LogP contribution in [0.15, 0.2) is 29.9 Å². The maximum absolute atomic E-state index is 13.8. The van der Waals surface area contributed by atoms with Crippen molar-refractivity contribution < 1.29 is 33.8 Å². The molecule has 3 fully saturated rings. The molecule has 214 valence electrons. The Morgan fingerprint density at radius 1 is 1.00 bits per heavy atom. The van der Waals surface area contributed by atoms with E-state index in [1.54, 1.807) is 24.3 Å². The van der Waals surface area contributed by atoms with E-state index in [4.69, 9.17) is 32.7 Å². The summed E-state index contributed by atoms with van der Waals surface area (Å²) in [4.78, 5) is 52.8. The van der Waals surface area contributed by atoms with E-state index in [-0.39, 0.29) is 35.5 Å². The van der Waals surface area contributed by atoms with Crippen LogP contribution in [0.5, 0.6) is 17.2 Å². The third-order valence-electron chi connectivity index (χ3n) is 8.72. The zero-order valence-corrected chi connectivity index (χ0v) is 24.7. The summed E-state index contributed by atoms with van der Waals surface area (Å²) < 4.78 is 10.5. The number of benzene rings is 1. The SMILES string of the molecule is COc1cc(C=C[C@H]2C3=CC[C@@H]4C(=O)N(C(C)(C)C)C(=O)[C@@H]4[C@@H]3C[C@@]3(Cl)C(=O)N(C)C(=O)[C@@]23Cl)cc(OC)c1O. The largest absolute Gasteiger partial charge is 0.502 e. The maximum Gasteiger partial charge on any atom is 0.253 e. The maximum atomic E-state index is 13.8. The number of aromatic hydroxyl groups is 1. The van der Waals surface area contributed by atoms with E-state index < -0.39 is 50.8 Å². The molecule has 1 aromatic rings. The molecule has 0 aromatic heterocycles. The number of amides is 4. The second kappa shape index (κ2) is 9.24. The number of ether oxygens (including phenoxy) is 2. The Balaban J connectivity index is 1.65. The summed E-state index contributed by atoms with van der Waals surface area (Å²) in [6.07, 6.45) is 5.51. The summed E-state index contributed by atoms with van der Waals surface area (Å²) in [5, 5.41) is 10.3. The third kappa shape index (κ3) is 3.66. The summed E-state index contributed by atoms with van der Waals surface area (Å²) in [5.41, 5.74) is 0.555. The van der Waals surface area contributed by atoms with Crippen LogP contribution in [0.25, 0.3) is 6.08 Å². The number of hydrogen-bond acceptors (Lipinski definition) is 7. The number of likely N-dealkylation sites (tertiary alicyclic amines) is 2. The number of fused-ring (bicyclic) bond motifs is 4. The molecule has 0 bridgehead atoms. The fourth-order valence-electron chi connectivity index (χ4n) is 6.87. The van der Waals surface area contributed by atoms with Crippen LogP contribution < -0.4 is 9.47 Å².